The third kappa shape index (κ3) is 1.77. The Kier molecular flexibility index (Phi) is 2.77. The fourth-order valence-corrected chi connectivity index (χ4v) is 2.03. The van der Waals surface area contributed by atoms with Gasteiger partial charge in [0.2, 0.25) is 5.90 Å². The van der Waals surface area contributed by atoms with Crippen molar-refractivity contribution in [3.63, 3.8) is 0 Å². The molecule has 0 saturated heterocycles. The Morgan fingerprint density at radius 1 is 1.43 bits per heavy atom. The molecule has 1 heterocycles. The van der Waals surface area contributed by atoms with Gasteiger partial charge in [0, 0.05) is 10.5 Å². The molecule has 2 rings (SSSR count). The zero-order chi connectivity index (χ0) is 9.97. The Morgan fingerprint density at radius 3 is 2.86 bits per heavy atom. The van der Waals surface area contributed by atoms with Crippen LogP contribution in [0.2, 0.25) is 0 Å². The maximum atomic E-state index is 5.53. The molecule has 1 atom stereocenters. The molecule has 74 valence electrons. The van der Waals surface area contributed by atoms with E-state index in [-0.39, 0.29) is 0 Å². The van der Waals surface area contributed by atoms with Crippen LogP contribution in [-0.2, 0) is 4.74 Å². The number of nitrogens with zero attached hydrogens (tertiary/aromatic N) is 1. The third-order valence-corrected chi connectivity index (χ3v) is 2.93. The first kappa shape index (κ1) is 9.59. The van der Waals surface area contributed by atoms with Crippen molar-refractivity contribution in [2.75, 3.05) is 12.9 Å². The summed E-state index contributed by atoms with van der Waals surface area (Å²) >= 11 is 1.72. The standard InChI is InChI=1S/C11H13NOS/c1-8-7-13-11(12-8)9-5-3-4-6-10(9)14-2/h3-6,8H,7H2,1-2H3/t8-/m0/s1. The maximum absolute atomic E-state index is 5.53. The van der Waals surface area contributed by atoms with E-state index >= 15 is 0 Å². The second-order valence-corrected chi connectivity index (χ2v) is 4.14. The van der Waals surface area contributed by atoms with Crippen molar-refractivity contribution < 1.29 is 4.74 Å². The third-order valence-electron chi connectivity index (χ3n) is 2.14. The van der Waals surface area contributed by atoms with Crippen molar-refractivity contribution in [3.05, 3.63) is 29.8 Å². The van der Waals surface area contributed by atoms with Gasteiger partial charge in [-0.15, -0.1) is 11.8 Å². The van der Waals surface area contributed by atoms with Gasteiger partial charge in [-0.1, -0.05) is 12.1 Å². The highest BCUT2D eigenvalue weighted by Gasteiger charge is 2.17. The Labute approximate surface area is 88.4 Å². The number of ether oxygens (including phenoxy) is 1. The van der Waals surface area contributed by atoms with Gasteiger partial charge in [-0.2, -0.15) is 0 Å². The minimum Gasteiger partial charge on any atom is -0.475 e. The molecule has 0 N–H and O–H groups in total. The molecule has 14 heavy (non-hydrogen) atoms. The van der Waals surface area contributed by atoms with Crippen LogP contribution in [0.5, 0.6) is 0 Å². The zero-order valence-electron chi connectivity index (χ0n) is 8.36. The van der Waals surface area contributed by atoms with Crippen molar-refractivity contribution >= 4 is 17.7 Å². The average Bonchev–Trinajstić information content (AvgIpc) is 2.65. The Hall–Kier alpha value is -0.960. The monoisotopic (exact) mass is 207 g/mol. The summed E-state index contributed by atoms with van der Waals surface area (Å²) in [5.74, 6) is 0.794. The molecule has 1 aromatic rings. The van der Waals surface area contributed by atoms with Crippen molar-refractivity contribution in [1.82, 2.24) is 0 Å². The molecule has 0 unspecified atom stereocenters. The van der Waals surface area contributed by atoms with E-state index in [1.54, 1.807) is 11.8 Å². The van der Waals surface area contributed by atoms with Crippen LogP contribution < -0.4 is 0 Å². The van der Waals surface area contributed by atoms with Gasteiger partial charge in [-0.3, -0.25) is 0 Å². The van der Waals surface area contributed by atoms with Gasteiger partial charge in [0.05, 0.1) is 6.04 Å². The quantitative estimate of drug-likeness (QED) is 0.695. The molecule has 0 aromatic heterocycles. The largest absolute Gasteiger partial charge is 0.475 e. The summed E-state index contributed by atoms with van der Waals surface area (Å²) in [6.07, 6.45) is 2.07. The molecule has 1 aromatic carbocycles. The molecule has 0 saturated carbocycles. The van der Waals surface area contributed by atoms with E-state index in [1.807, 2.05) is 12.1 Å². The van der Waals surface area contributed by atoms with Crippen LogP contribution in [0.15, 0.2) is 34.2 Å². The van der Waals surface area contributed by atoms with Gasteiger partial charge in [-0.25, -0.2) is 4.99 Å². The lowest BCUT2D eigenvalue weighted by Gasteiger charge is -2.05. The number of benzene rings is 1. The van der Waals surface area contributed by atoms with Crippen molar-refractivity contribution in [2.24, 2.45) is 4.99 Å². The fourth-order valence-electron chi connectivity index (χ4n) is 1.44. The summed E-state index contributed by atoms with van der Waals surface area (Å²) in [4.78, 5) is 5.67. The normalized spacial score (nSPS) is 20.4. The minimum absolute atomic E-state index is 0.292. The molecule has 0 fully saturated rings. The molecular weight excluding hydrogens is 194 g/mol. The van der Waals surface area contributed by atoms with E-state index in [9.17, 15) is 0 Å². The summed E-state index contributed by atoms with van der Waals surface area (Å²) in [6, 6.07) is 8.50. The van der Waals surface area contributed by atoms with Gasteiger partial charge in [-0.05, 0) is 25.3 Å². The summed E-state index contributed by atoms with van der Waals surface area (Å²) in [5.41, 5.74) is 1.12. The molecule has 1 aliphatic rings. The van der Waals surface area contributed by atoms with Crippen LogP contribution in [0.25, 0.3) is 0 Å². The minimum atomic E-state index is 0.292. The Bertz CT molecular complexity index is 362. The first-order valence-corrected chi connectivity index (χ1v) is 5.87. The van der Waals surface area contributed by atoms with E-state index in [0.29, 0.717) is 12.6 Å². The lowest BCUT2D eigenvalue weighted by Crippen LogP contribution is -2.03. The van der Waals surface area contributed by atoms with Gasteiger partial charge < -0.3 is 4.74 Å². The Morgan fingerprint density at radius 2 is 2.21 bits per heavy atom. The summed E-state index contributed by atoms with van der Waals surface area (Å²) in [7, 11) is 0. The van der Waals surface area contributed by atoms with Gasteiger partial charge in [0.1, 0.15) is 6.61 Å². The van der Waals surface area contributed by atoms with E-state index in [1.165, 1.54) is 4.90 Å². The predicted octanol–water partition coefficient (Wildman–Crippen LogP) is 2.57. The highest BCUT2D eigenvalue weighted by molar-refractivity contribution is 7.98. The van der Waals surface area contributed by atoms with E-state index in [4.69, 9.17) is 4.74 Å². The van der Waals surface area contributed by atoms with E-state index in [0.717, 1.165) is 11.5 Å². The van der Waals surface area contributed by atoms with Gasteiger partial charge in [0.25, 0.3) is 0 Å². The number of hydrogen-bond donors (Lipinski definition) is 0. The second-order valence-electron chi connectivity index (χ2n) is 3.29. The molecule has 0 amide bonds. The fraction of sp³-hybridized carbons (Fsp3) is 0.364. The molecule has 0 aliphatic carbocycles. The lowest BCUT2D eigenvalue weighted by molar-refractivity contribution is 0.323. The Balaban J connectivity index is 2.36. The van der Waals surface area contributed by atoms with Crippen molar-refractivity contribution in [2.45, 2.75) is 17.9 Å². The first-order chi connectivity index (χ1) is 6.81. The highest BCUT2D eigenvalue weighted by atomic mass is 32.2. The number of aliphatic imine (C=N–C) groups is 1. The molecule has 1 aliphatic heterocycles. The van der Waals surface area contributed by atoms with E-state index in [2.05, 4.69) is 30.3 Å². The molecule has 3 heteroatoms. The lowest BCUT2D eigenvalue weighted by atomic mass is 10.2. The summed E-state index contributed by atoms with van der Waals surface area (Å²) < 4.78 is 5.53. The number of rotatable bonds is 2. The summed E-state index contributed by atoms with van der Waals surface area (Å²) in [6.45, 7) is 2.77. The van der Waals surface area contributed by atoms with Gasteiger partial charge >= 0.3 is 0 Å². The highest BCUT2D eigenvalue weighted by Crippen LogP contribution is 2.23. The van der Waals surface area contributed by atoms with Crippen molar-refractivity contribution in [1.29, 1.82) is 0 Å². The number of thioether (sulfide) groups is 1. The molecule has 2 nitrogen and oxygen atoms in total. The van der Waals surface area contributed by atoms with Crippen LogP contribution in [0.3, 0.4) is 0 Å². The summed E-state index contributed by atoms with van der Waals surface area (Å²) in [5, 5.41) is 0. The van der Waals surface area contributed by atoms with Crippen LogP contribution in [0.4, 0.5) is 0 Å². The zero-order valence-corrected chi connectivity index (χ0v) is 9.17. The second kappa shape index (κ2) is 4.05. The van der Waals surface area contributed by atoms with Crippen LogP contribution in [0, 0.1) is 0 Å². The smallest absolute Gasteiger partial charge is 0.217 e. The van der Waals surface area contributed by atoms with E-state index < -0.39 is 0 Å². The first-order valence-electron chi connectivity index (χ1n) is 4.65. The molecule has 0 bridgehead atoms. The van der Waals surface area contributed by atoms with Crippen LogP contribution in [-0.4, -0.2) is 24.8 Å². The van der Waals surface area contributed by atoms with Crippen molar-refractivity contribution in [3.8, 4) is 0 Å². The van der Waals surface area contributed by atoms with Crippen LogP contribution >= 0.6 is 11.8 Å². The molecular formula is C11H13NOS. The number of hydrogen-bond acceptors (Lipinski definition) is 3. The van der Waals surface area contributed by atoms with Gasteiger partial charge in [0.15, 0.2) is 0 Å². The van der Waals surface area contributed by atoms with Crippen LogP contribution in [0.1, 0.15) is 12.5 Å². The topological polar surface area (TPSA) is 21.6 Å². The predicted molar refractivity (Wildman–Crippen MR) is 60.2 cm³/mol. The molecule has 0 radical (unpaired) electrons. The SMILES string of the molecule is CSc1ccccc1C1=N[C@@H](C)CO1. The maximum Gasteiger partial charge on any atom is 0.217 e. The molecule has 0 spiro atoms. The average molecular weight is 207 g/mol.